The van der Waals surface area contributed by atoms with Crippen molar-refractivity contribution in [3.8, 4) is 0 Å². The molecule has 0 saturated carbocycles. The zero-order chi connectivity index (χ0) is 20.3. The van der Waals surface area contributed by atoms with Gasteiger partial charge in [-0.2, -0.15) is 0 Å². The maximum Gasteiger partial charge on any atom is 0.407 e. The van der Waals surface area contributed by atoms with E-state index in [0.717, 1.165) is 18.4 Å². The number of ether oxygens (including phenoxy) is 2. The van der Waals surface area contributed by atoms with Gasteiger partial charge >= 0.3 is 6.09 Å². The van der Waals surface area contributed by atoms with Gasteiger partial charge < -0.3 is 24.7 Å². The summed E-state index contributed by atoms with van der Waals surface area (Å²) >= 11 is 0. The monoisotopic (exact) mass is 379 g/mol. The molecule has 1 atom stereocenters. The molecule has 0 aliphatic rings. The van der Waals surface area contributed by atoms with E-state index in [1.807, 2.05) is 24.3 Å². The highest BCUT2D eigenvalue weighted by Gasteiger charge is 2.20. The predicted octanol–water partition coefficient (Wildman–Crippen LogP) is 3.39. The van der Waals surface area contributed by atoms with Crippen LogP contribution in [0, 0.1) is 0 Å². The number of aliphatic hydroxyl groups excluding tert-OH is 1. The van der Waals surface area contributed by atoms with E-state index in [1.54, 1.807) is 20.8 Å². The minimum Gasteiger partial charge on any atom is -0.444 e. The van der Waals surface area contributed by atoms with Crippen LogP contribution in [-0.2, 0) is 27.3 Å². The number of ketones is 1. The third kappa shape index (κ3) is 11.4. The van der Waals surface area contributed by atoms with Gasteiger partial charge in [-0.25, -0.2) is 4.79 Å². The van der Waals surface area contributed by atoms with Crippen LogP contribution in [0.5, 0.6) is 0 Å². The number of amides is 1. The topological polar surface area (TPSA) is 84.9 Å². The number of rotatable bonds is 11. The van der Waals surface area contributed by atoms with E-state index >= 15 is 0 Å². The lowest BCUT2D eigenvalue weighted by molar-refractivity contribution is -0.117. The molecule has 0 aliphatic carbocycles. The molecule has 0 aromatic heterocycles. The second-order valence-electron chi connectivity index (χ2n) is 7.74. The van der Waals surface area contributed by atoms with Gasteiger partial charge in [-0.1, -0.05) is 24.3 Å². The van der Waals surface area contributed by atoms with Gasteiger partial charge in [0.05, 0.1) is 19.3 Å². The van der Waals surface area contributed by atoms with E-state index < -0.39 is 11.7 Å². The Morgan fingerprint density at radius 1 is 1.15 bits per heavy atom. The van der Waals surface area contributed by atoms with Gasteiger partial charge in [0.25, 0.3) is 0 Å². The van der Waals surface area contributed by atoms with Crippen molar-refractivity contribution in [2.75, 3.05) is 13.2 Å². The molecule has 2 N–H and O–H groups in total. The first-order valence-electron chi connectivity index (χ1n) is 9.45. The number of Topliss-reactive ketones (excluding diaryl/α,β-unsaturated/α-hetero) is 1. The van der Waals surface area contributed by atoms with Crippen LogP contribution in [0.2, 0.25) is 0 Å². The molecule has 0 spiro atoms. The Hall–Kier alpha value is -1.92. The van der Waals surface area contributed by atoms with Crippen molar-refractivity contribution in [2.24, 2.45) is 0 Å². The van der Waals surface area contributed by atoms with Crippen molar-refractivity contribution in [1.29, 1.82) is 0 Å². The summed E-state index contributed by atoms with van der Waals surface area (Å²) in [7, 11) is 0. The van der Waals surface area contributed by atoms with Gasteiger partial charge in [0, 0.05) is 13.0 Å². The zero-order valence-electron chi connectivity index (χ0n) is 16.9. The minimum absolute atomic E-state index is 0.0736. The number of hydrogen-bond acceptors (Lipinski definition) is 5. The number of alkyl carbamates (subject to hydrolysis) is 1. The average Bonchev–Trinajstić information content (AvgIpc) is 2.57. The lowest BCUT2D eigenvalue weighted by Crippen LogP contribution is -2.41. The van der Waals surface area contributed by atoms with E-state index in [1.165, 1.54) is 12.5 Å². The van der Waals surface area contributed by atoms with E-state index in [-0.39, 0.29) is 18.4 Å². The molecule has 0 bridgehead atoms. The Balaban J connectivity index is 2.49. The standard InChI is InChI=1S/C21H33NO5/c1-16(24)7-12-19(22-20(25)27-21(2,3)4)15-26-14-18-10-8-17(9-11-18)6-5-13-23/h8-11,19,23H,5-7,12-15H2,1-4H3,(H,22,25)/t19-/m0/s1. The van der Waals surface area contributed by atoms with Crippen LogP contribution in [0.15, 0.2) is 24.3 Å². The fourth-order valence-corrected chi connectivity index (χ4v) is 2.45. The number of benzene rings is 1. The maximum atomic E-state index is 12.0. The summed E-state index contributed by atoms with van der Waals surface area (Å²) in [6.07, 6.45) is 1.99. The molecular formula is C21H33NO5. The summed E-state index contributed by atoms with van der Waals surface area (Å²) in [5.74, 6) is 0.0736. The van der Waals surface area contributed by atoms with Crippen LogP contribution in [0.4, 0.5) is 4.79 Å². The summed E-state index contributed by atoms with van der Waals surface area (Å²) in [6, 6.07) is 7.77. The molecule has 0 fully saturated rings. The molecule has 1 aromatic rings. The van der Waals surface area contributed by atoms with Crippen molar-refractivity contribution in [3.63, 3.8) is 0 Å². The Bertz CT molecular complexity index is 577. The van der Waals surface area contributed by atoms with Crippen LogP contribution in [0.3, 0.4) is 0 Å². The van der Waals surface area contributed by atoms with Crippen LogP contribution in [0.25, 0.3) is 0 Å². The molecule has 0 saturated heterocycles. The largest absolute Gasteiger partial charge is 0.444 e. The van der Waals surface area contributed by atoms with E-state index in [9.17, 15) is 9.59 Å². The van der Waals surface area contributed by atoms with Crippen molar-refractivity contribution in [1.82, 2.24) is 5.32 Å². The van der Waals surface area contributed by atoms with Crippen molar-refractivity contribution < 1.29 is 24.2 Å². The molecule has 1 amide bonds. The molecule has 0 aliphatic heterocycles. The Labute approximate surface area is 162 Å². The van der Waals surface area contributed by atoms with Crippen LogP contribution in [0.1, 0.15) is 58.1 Å². The van der Waals surface area contributed by atoms with E-state index in [2.05, 4.69) is 5.32 Å². The number of carbonyl (C=O) groups excluding carboxylic acids is 2. The number of hydrogen-bond donors (Lipinski definition) is 2. The SMILES string of the molecule is CC(=O)CC[C@@H](COCc1ccc(CCCO)cc1)NC(=O)OC(C)(C)C. The maximum absolute atomic E-state index is 12.0. The third-order valence-electron chi connectivity index (χ3n) is 3.80. The molecular weight excluding hydrogens is 346 g/mol. The van der Waals surface area contributed by atoms with E-state index in [4.69, 9.17) is 14.6 Å². The number of nitrogens with one attached hydrogen (secondary N) is 1. The van der Waals surface area contributed by atoms with E-state index in [0.29, 0.717) is 26.1 Å². The molecule has 6 heteroatoms. The molecule has 0 unspecified atom stereocenters. The van der Waals surface area contributed by atoms with Gasteiger partial charge in [0.2, 0.25) is 0 Å². The summed E-state index contributed by atoms with van der Waals surface area (Å²) < 4.78 is 11.0. The quantitative estimate of drug-likeness (QED) is 0.616. The fraction of sp³-hybridized carbons (Fsp3) is 0.619. The first-order chi connectivity index (χ1) is 12.7. The van der Waals surface area contributed by atoms with Crippen molar-refractivity contribution in [3.05, 3.63) is 35.4 Å². The third-order valence-corrected chi connectivity index (χ3v) is 3.80. The minimum atomic E-state index is -0.576. The highest BCUT2D eigenvalue weighted by molar-refractivity contribution is 5.75. The van der Waals surface area contributed by atoms with Crippen LogP contribution >= 0.6 is 0 Å². The van der Waals surface area contributed by atoms with Crippen molar-refractivity contribution in [2.45, 2.75) is 71.6 Å². The number of aryl methyl sites for hydroxylation is 1. The van der Waals surface area contributed by atoms with Crippen LogP contribution in [-0.4, -0.2) is 41.8 Å². The molecule has 1 aromatic carbocycles. The molecule has 27 heavy (non-hydrogen) atoms. The van der Waals surface area contributed by atoms with Crippen molar-refractivity contribution >= 4 is 11.9 Å². The van der Waals surface area contributed by atoms with Gasteiger partial charge in [-0.05, 0) is 58.1 Å². The lowest BCUT2D eigenvalue weighted by atomic mass is 10.1. The highest BCUT2D eigenvalue weighted by atomic mass is 16.6. The predicted molar refractivity (Wildman–Crippen MR) is 105 cm³/mol. The second kappa shape index (κ2) is 11.7. The number of aliphatic hydroxyl groups is 1. The molecule has 1 rings (SSSR count). The normalized spacial score (nSPS) is 12.5. The van der Waals surface area contributed by atoms with Crippen LogP contribution < -0.4 is 5.32 Å². The number of carbonyl (C=O) groups is 2. The Morgan fingerprint density at radius 2 is 1.78 bits per heavy atom. The highest BCUT2D eigenvalue weighted by Crippen LogP contribution is 2.10. The summed E-state index contributed by atoms with van der Waals surface area (Å²) in [5, 5.41) is 11.7. The molecule has 0 heterocycles. The first-order valence-corrected chi connectivity index (χ1v) is 9.45. The first kappa shape index (κ1) is 23.1. The lowest BCUT2D eigenvalue weighted by Gasteiger charge is -2.23. The van der Waals surface area contributed by atoms with Gasteiger partial charge in [-0.15, -0.1) is 0 Å². The molecule has 0 radical (unpaired) electrons. The fourth-order valence-electron chi connectivity index (χ4n) is 2.45. The van der Waals surface area contributed by atoms with Gasteiger partial charge in [0.15, 0.2) is 0 Å². The summed E-state index contributed by atoms with van der Waals surface area (Å²) in [6.45, 7) is 7.86. The van der Waals surface area contributed by atoms with Gasteiger partial charge in [-0.3, -0.25) is 0 Å². The summed E-state index contributed by atoms with van der Waals surface area (Å²) in [5.41, 5.74) is 1.64. The smallest absolute Gasteiger partial charge is 0.407 e. The Kier molecular flexibility index (Phi) is 10.0. The zero-order valence-corrected chi connectivity index (χ0v) is 16.9. The summed E-state index contributed by atoms with van der Waals surface area (Å²) in [4.78, 5) is 23.2. The van der Waals surface area contributed by atoms with Gasteiger partial charge in [0.1, 0.15) is 11.4 Å². The Morgan fingerprint density at radius 3 is 2.33 bits per heavy atom. The average molecular weight is 379 g/mol. The molecule has 152 valence electrons. The molecule has 6 nitrogen and oxygen atoms in total. The second-order valence-corrected chi connectivity index (χ2v) is 7.74.